The van der Waals surface area contributed by atoms with E-state index in [1.165, 1.54) is 0 Å². The van der Waals surface area contributed by atoms with Crippen molar-refractivity contribution in [3.05, 3.63) is 29.8 Å². The molecule has 1 saturated carbocycles. The Morgan fingerprint density at radius 1 is 1.41 bits per heavy atom. The van der Waals surface area contributed by atoms with Gasteiger partial charge in [-0.3, -0.25) is 4.79 Å². The first-order valence-electron chi connectivity index (χ1n) is 5.89. The lowest BCUT2D eigenvalue weighted by atomic mass is 10.1. The number of aliphatic carboxylic acids is 1. The Kier molecular flexibility index (Phi) is 3.64. The fraction of sp³-hybridized carbons (Fsp3) is 0.462. The standard InChI is InChI=1S/C13H17NO3/c14-10-5-3-7-12(10)17-11-6-2-1-4-9(11)8-13(15)16/h1-2,4,6,10,12H,3,5,7-8,14H2,(H,15,16). The smallest absolute Gasteiger partial charge is 0.307 e. The summed E-state index contributed by atoms with van der Waals surface area (Å²) in [5.74, 6) is -0.200. The van der Waals surface area contributed by atoms with Crippen LogP contribution in [0.2, 0.25) is 0 Å². The number of para-hydroxylation sites is 1. The molecule has 1 aliphatic rings. The van der Waals surface area contributed by atoms with Gasteiger partial charge in [0.1, 0.15) is 11.9 Å². The number of carboxylic acid groups (broad SMARTS) is 1. The Balaban J connectivity index is 2.11. The van der Waals surface area contributed by atoms with Crippen molar-refractivity contribution in [3.8, 4) is 5.75 Å². The van der Waals surface area contributed by atoms with Crippen LogP contribution >= 0.6 is 0 Å². The molecule has 0 amide bonds. The van der Waals surface area contributed by atoms with Crippen LogP contribution in [0.1, 0.15) is 24.8 Å². The van der Waals surface area contributed by atoms with Crippen molar-refractivity contribution in [2.24, 2.45) is 5.73 Å². The Hall–Kier alpha value is -1.55. The molecule has 1 aromatic rings. The quantitative estimate of drug-likeness (QED) is 0.831. The Morgan fingerprint density at radius 3 is 2.82 bits per heavy atom. The van der Waals surface area contributed by atoms with Gasteiger partial charge in [-0.05, 0) is 25.3 Å². The molecule has 0 spiro atoms. The number of benzene rings is 1. The highest BCUT2D eigenvalue weighted by atomic mass is 16.5. The number of nitrogens with two attached hydrogens (primary N) is 1. The Bertz CT molecular complexity index is 405. The molecular weight excluding hydrogens is 218 g/mol. The zero-order valence-corrected chi connectivity index (χ0v) is 9.63. The van der Waals surface area contributed by atoms with Crippen molar-refractivity contribution in [2.75, 3.05) is 0 Å². The zero-order valence-electron chi connectivity index (χ0n) is 9.63. The van der Waals surface area contributed by atoms with Gasteiger partial charge in [-0.2, -0.15) is 0 Å². The number of hydrogen-bond acceptors (Lipinski definition) is 3. The molecule has 1 aliphatic carbocycles. The lowest BCUT2D eigenvalue weighted by Crippen LogP contribution is -2.33. The summed E-state index contributed by atoms with van der Waals surface area (Å²) in [6.45, 7) is 0. The SMILES string of the molecule is NC1CCCC1Oc1ccccc1CC(=O)O. The van der Waals surface area contributed by atoms with E-state index < -0.39 is 5.97 Å². The van der Waals surface area contributed by atoms with Crippen molar-refractivity contribution in [1.29, 1.82) is 0 Å². The van der Waals surface area contributed by atoms with Gasteiger partial charge in [-0.15, -0.1) is 0 Å². The van der Waals surface area contributed by atoms with Gasteiger partial charge in [0.25, 0.3) is 0 Å². The number of carbonyl (C=O) groups is 1. The van der Waals surface area contributed by atoms with Gasteiger partial charge >= 0.3 is 5.97 Å². The van der Waals surface area contributed by atoms with Crippen LogP contribution in [0.25, 0.3) is 0 Å². The van der Waals surface area contributed by atoms with Crippen LogP contribution in [0.3, 0.4) is 0 Å². The molecule has 17 heavy (non-hydrogen) atoms. The van der Waals surface area contributed by atoms with Gasteiger partial charge in [-0.25, -0.2) is 0 Å². The van der Waals surface area contributed by atoms with Gasteiger partial charge in [0.2, 0.25) is 0 Å². The molecule has 0 aliphatic heterocycles. The van der Waals surface area contributed by atoms with Gasteiger partial charge in [0.05, 0.1) is 6.42 Å². The molecular formula is C13H17NO3. The summed E-state index contributed by atoms with van der Waals surface area (Å²) < 4.78 is 5.83. The number of ether oxygens (including phenoxy) is 1. The maximum absolute atomic E-state index is 10.7. The largest absolute Gasteiger partial charge is 0.489 e. The molecule has 4 nitrogen and oxygen atoms in total. The minimum absolute atomic E-state index is 0.0157. The summed E-state index contributed by atoms with van der Waals surface area (Å²) in [5, 5.41) is 8.82. The number of hydrogen-bond donors (Lipinski definition) is 2. The van der Waals surface area contributed by atoms with E-state index >= 15 is 0 Å². The first-order chi connectivity index (χ1) is 8.16. The summed E-state index contributed by atoms with van der Waals surface area (Å²) in [6.07, 6.45) is 3.00. The molecule has 2 atom stereocenters. The van der Waals surface area contributed by atoms with E-state index in [2.05, 4.69) is 0 Å². The van der Waals surface area contributed by atoms with E-state index in [-0.39, 0.29) is 18.6 Å². The first kappa shape index (κ1) is 11.9. The lowest BCUT2D eigenvalue weighted by Gasteiger charge is -2.19. The lowest BCUT2D eigenvalue weighted by molar-refractivity contribution is -0.136. The van der Waals surface area contributed by atoms with Crippen molar-refractivity contribution in [1.82, 2.24) is 0 Å². The Labute approximate surface area is 100 Å². The third-order valence-electron chi connectivity index (χ3n) is 3.10. The van der Waals surface area contributed by atoms with Crippen molar-refractivity contribution in [3.63, 3.8) is 0 Å². The van der Waals surface area contributed by atoms with Crippen LogP contribution in [0.4, 0.5) is 0 Å². The van der Waals surface area contributed by atoms with E-state index in [1.807, 2.05) is 18.2 Å². The number of carboxylic acids is 1. The van der Waals surface area contributed by atoms with Gasteiger partial charge in [0, 0.05) is 11.6 Å². The molecule has 92 valence electrons. The second-order valence-electron chi connectivity index (χ2n) is 4.43. The van der Waals surface area contributed by atoms with Crippen LogP contribution in [0.5, 0.6) is 5.75 Å². The van der Waals surface area contributed by atoms with Crippen LogP contribution in [-0.2, 0) is 11.2 Å². The highest BCUT2D eigenvalue weighted by Gasteiger charge is 2.26. The van der Waals surface area contributed by atoms with Crippen molar-refractivity contribution >= 4 is 5.97 Å². The highest BCUT2D eigenvalue weighted by Crippen LogP contribution is 2.26. The van der Waals surface area contributed by atoms with Gasteiger partial charge < -0.3 is 15.6 Å². The second kappa shape index (κ2) is 5.19. The summed E-state index contributed by atoms with van der Waals surface area (Å²) in [4.78, 5) is 10.7. The van der Waals surface area contributed by atoms with E-state index in [9.17, 15) is 4.79 Å². The van der Waals surface area contributed by atoms with E-state index in [1.54, 1.807) is 6.07 Å². The average Bonchev–Trinajstić information content (AvgIpc) is 2.67. The fourth-order valence-electron chi connectivity index (χ4n) is 2.19. The zero-order chi connectivity index (χ0) is 12.3. The normalized spacial score (nSPS) is 23.6. The molecule has 3 N–H and O–H groups in total. The van der Waals surface area contributed by atoms with Crippen LogP contribution in [-0.4, -0.2) is 23.2 Å². The molecule has 0 aromatic heterocycles. The fourth-order valence-corrected chi connectivity index (χ4v) is 2.19. The van der Waals surface area contributed by atoms with Crippen molar-refractivity contribution < 1.29 is 14.6 Å². The third-order valence-corrected chi connectivity index (χ3v) is 3.10. The third kappa shape index (κ3) is 2.97. The minimum atomic E-state index is -0.850. The number of rotatable bonds is 4. The van der Waals surface area contributed by atoms with Gasteiger partial charge in [0.15, 0.2) is 0 Å². The predicted octanol–water partition coefficient (Wildman–Crippen LogP) is 1.57. The molecule has 2 rings (SSSR count). The summed E-state index contributed by atoms with van der Waals surface area (Å²) in [7, 11) is 0. The van der Waals surface area contributed by atoms with E-state index in [0.29, 0.717) is 11.3 Å². The summed E-state index contributed by atoms with van der Waals surface area (Å²) in [6, 6.07) is 7.32. The van der Waals surface area contributed by atoms with E-state index in [0.717, 1.165) is 19.3 Å². The van der Waals surface area contributed by atoms with Gasteiger partial charge in [-0.1, -0.05) is 18.2 Å². The molecule has 0 heterocycles. The van der Waals surface area contributed by atoms with Crippen LogP contribution in [0, 0.1) is 0 Å². The highest BCUT2D eigenvalue weighted by molar-refractivity contribution is 5.71. The molecule has 0 radical (unpaired) electrons. The average molecular weight is 235 g/mol. The second-order valence-corrected chi connectivity index (χ2v) is 4.43. The molecule has 0 saturated heterocycles. The maximum Gasteiger partial charge on any atom is 0.307 e. The molecule has 1 fully saturated rings. The summed E-state index contributed by atoms with van der Waals surface area (Å²) in [5.41, 5.74) is 6.64. The predicted molar refractivity (Wildman–Crippen MR) is 64.0 cm³/mol. The maximum atomic E-state index is 10.7. The van der Waals surface area contributed by atoms with Crippen molar-refractivity contribution in [2.45, 2.75) is 37.8 Å². The summed E-state index contributed by atoms with van der Waals surface area (Å²) >= 11 is 0. The molecule has 1 aromatic carbocycles. The molecule has 4 heteroatoms. The Morgan fingerprint density at radius 2 is 2.18 bits per heavy atom. The topological polar surface area (TPSA) is 72.5 Å². The molecule has 0 bridgehead atoms. The first-order valence-corrected chi connectivity index (χ1v) is 5.89. The monoisotopic (exact) mass is 235 g/mol. The van der Waals surface area contributed by atoms with Crippen LogP contribution < -0.4 is 10.5 Å². The minimum Gasteiger partial charge on any atom is -0.489 e. The van der Waals surface area contributed by atoms with E-state index in [4.69, 9.17) is 15.6 Å². The molecule has 2 unspecified atom stereocenters. The van der Waals surface area contributed by atoms with Crippen LogP contribution in [0.15, 0.2) is 24.3 Å².